The van der Waals surface area contributed by atoms with Crippen molar-refractivity contribution in [3.63, 3.8) is 0 Å². The van der Waals surface area contributed by atoms with E-state index in [4.69, 9.17) is 5.11 Å². The van der Waals surface area contributed by atoms with E-state index in [0.29, 0.717) is 6.54 Å². The fourth-order valence-electron chi connectivity index (χ4n) is 3.01. The van der Waals surface area contributed by atoms with Gasteiger partial charge in [-0.15, -0.1) is 0 Å². The van der Waals surface area contributed by atoms with E-state index in [1.165, 1.54) is 19.3 Å². The minimum absolute atomic E-state index is 0.105. The molecule has 2 amide bonds. The van der Waals surface area contributed by atoms with E-state index in [-0.39, 0.29) is 6.03 Å². The highest BCUT2D eigenvalue weighted by Gasteiger charge is 2.11. The maximum atomic E-state index is 12.4. The van der Waals surface area contributed by atoms with Crippen molar-refractivity contribution in [3.8, 4) is 11.1 Å². The Morgan fingerprint density at radius 3 is 2.41 bits per heavy atom. The molecule has 0 unspecified atom stereocenters. The number of carboxylic acid groups (broad SMARTS) is 1. The maximum Gasteiger partial charge on any atom is 0.328 e. The van der Waals surface area contributed by atoms with Crippen molar-refractivity contribution in [1.82, 2.24) is 5.32 Å². The molecule has 5 nitrogen and oxygen atoms in total. The van der Waals surface area contributed by atoms with Gasteiger partial charge in [-0.3, -0.25) is 4.90 Å². The first-order chi connectivity index (χ1) is 14.0. The second-order valence-corrected chi connectivity index (χ2v) is 7.05. The lowest BCUT2D eigenvalue weighted by Crippen LogP contribution is -2.37. The van der Waals surface area contributed by atoms with Crippen LogP contribution in [0.4, 0.5) is 10.5 Å². The quantitative estimate of drug-likeness (QED) is 0.409. The molecule has 0 spiro atoms. The summed E-state index contributed by atoms with van der Waals surface area (Å²) in [5.41, 5.74) is 3.64. The van der Waals surface area contributed by atoms with Crippen molar-refractivity contribution in [3.05, 3.63) is 60.2 Å². The van der Waals surface area contributed by atoms with E-state index in [9.17, 15) is 9.59 Å². The number of amides is 2. The molecule has 0 bridgehead atoms. The molecular formula is C24H30N2O3. The number of nitrogens with zero attached hydrogens (tertiary/aromatic N) is 1. The number of nitrogens with one attached hydrogen (secondary N) is 1. The summed E-state index contributed by atoms with van der Waals surface area (Å²) in [6, 6.07) is 15.3. The smallest absolute Gasteiger partial charge is 0.328 e. The topological polar surface area (TPSA) is 69.6 Å². The van der Waals surface area contributed by atoms with Gasteiger partial charge in [-0.25, -0.2) is 9.59 Å². The zero-order valence-corrected chi connectivity index (χ0v) is 17.2. The van der Waals surface area contributed by atoms with Gasteiger partial charge in [0.15, 0.2) is 0 Å². The van der Waals surface area contributed by atoms with E-state index in [1.807, 2.05) is 48.5 Å². The third kappa shape index (κ3) is 7.45. The van der Waals surface area contributed by atoms with Crippen LogP contribution in [0.3, 0.4) is 0 Å². The summed E-state index contributed by atoms with van der Waals surface area (Å²) in [5.74, 6) is -0.968. The molecule has 2 aromatic carbocycles. The molecule has 0 heterocycles. The van der Waals surface area contributed by atoms with E-state index >= 15 is 0 Å². The highest BCUT2D eigenvalue weighted by atomic mass is 16.4. The molecule has 0 aliphatic heterocycles. The van der Waals surface area contributed by atoms with Crippen LogP contribution in [0.5, 0.6) is 0 Å². The van der Waals surface area contributed by atoms with Crippen LogP contribution < -0.4 is 10.2 Å². The van der Waals surface area contributed by atoms with E-state index in [0.717, 1.165) is 41.3 Å². The molecule has 0 aliphatic rings. The van der Waals surface area contributed by atoms with Crippen molar-refractivity contribution < 1.29 is 14.7 Å². The van der Waals surface area contributed by atoms with Gasteiger partial charge >= 0.3 is 12.0 Å². The number of rotatable bonds is 10. The first kappa shape index (κ1) is 22.2. The third-order valence-corrected chi connectivity index (χ3v) is 4.76. The molecule has 0 saturated heterocycles. The standard InChI is InChI=1S/C24H30N2O3/c1-3-4-5-6-7-17-25-24(29)26(2)22-10-8-9-21(18-22)20-14-11-19(12-15-20)13-16-23(27)28/h8-16,18H,3-7,17H2,1-2H3,(H,25,29)(H,27,28)/b16-13-. The van der Waals surface area contributed by atoms with Crippen molar-refractivity contribution in [2.45, 2.75) is 39.0 Å². The first-order valence-electron chi connectivity index (χ1n) is 10.1. The number of hydrogen-bond acceptors (Lipinski definition) is 2. The van der Waals surface area contributed by atoms with Crippen molar-refractivity contribution in [1.29, 1.82) is 0 Å². The molecule has 2 aromatic rings. The van der Waals surface area contributed by atoms with E-state index in [2.05, 4.69) is 12.2 Å². The molecule has 2 N–H and O–H groups in total. The van der Waals surface area contributed by atoms with Gasteiger partial charge < -0.3 is 10.4 Å². The zero-order valence-electron chi connectivity index (χ0n) is 17.2. The number of hydrogen-bond donors (Lipinski definition) is 2. The van der Waals surface area contributed by atoms with Crippen LogP contribution in [0.1, 0.15) is 44.6 Å². The number of benzene rings is 2. The first-order valence-corrected chi connectivity index (χ1v) is 10.1. The number of aliphatic carboxylic acids is 1. The summed E-state index contributed by atoms with van der Waals surface area (Å²) in [5, 5.41) is 11.7. The SMILES string of the molecule is CCCCCCCNC(=O)N(C)c1cccc(-c2ccc(/C=C\C(=O)O)cc2)c1. The Kier molecular flexibility index (Phi) is 8.96. The lowest BCUT2D eigenvalue weighted by molar-refractivity contribution is -0.131. The Bertz CT molecular complexity index is 828. The van der Waals surface area contributed by atoms with Gasteiger partial charge in [0, 0.05) is 25.4 Å². The molecular weight excluding hydrogens is 364 g/mol. The predicted molar refractivity (Wildman–Crippen MR) is 119 cm³/mol. The summed E-state index contributed by atoms with van der Waals surface area (Å²) in [4.78, 5) is 24.7. The second kappa shape index (κ2) is 11.7. The van der Waals surface area contributed by atoms with Gasteiger partial charge in [0.1, 0.15) is 0 Å². The van der Waals surface area contributed by atoms with Gasteiger partial charge in [0.2, 0.25) is 0 Å². The average molecular weight is 395 g/mol. The lowest BCUT2D eigenvalue weighted by atomic mass is 10.0. The van der Waals surface area contributed by atoms with Gasteiger partial charge in [0.25, 0.3) is 0 Å². The Hall–Kier alpha value is -3.08. The Balaban J connectivity index is 1.97. The number of unbranched alkanes of at least 4 members (excludes halogenated alkanes) is 4. The minimum Gasteiger partial charge on any atom is -0.478 e. The van der Waals surface area contributed by atoms with E-state index in [1.54, 1.807) is 18.0 Å². The van der Waals surface area contributed by atoms with Crippen molar-refractivity contribution in [2.24, 2.45) is 0 Å². The summed E-state index contributed by atoms with van der Waals surface area (Å²) in [6.07, 6.45) is 8.50. The van der Waals surface area contributed by atoms with Crippen LogP contribution in [0.25, 0.3) is 17.2 Å². The zero-order chi connectivity index (χ0) is 21.1. The van der Waals surface area contributed by atoms with Gasteiger partial charge in [0.05, 0.1) is 0 Å². The number of carbonyl (C=O) groups is 2. The van der Waals surface area contributed by atoms with Gasteiger partial charge in [-0.2, -0.15) is 0 Å². The number of urea groups is 1. The fourth-order valence-corrected chi connectivity index (χ4v) is 3.01. The van der Waals surface area contributed by atoms with Crippen molar-refractivity contribution in [2.75, 3.05) is 18.5 Å². The van der Waals surface area contributed by atoms with Gasteiger partial charge in [-0.05, 0) is 41.3 Å². The summed E-state index contributed by atoms with van der Waals surface area (Å²) < 4.78 is 0. The molecule has 0 fully saturated rings. The molecule has 2 rings (SSSR count). The van der Waals surface area contributed by atoms with Crippen LogP contribution >= 0.6 is 0 Å². The monoisotopic (exact) mass is 394 g/mol. The summed E-state index contributed by atoms with van der Waals surface area (Å²) >= 11 is 0. The Labute approximate surface area is 173 Å². The Morgan fingerprint density at radius 2 is 1.72 bits per heavy atom. The van der Waals surface area contributed by atoms with Crippen LogP contribution in [0, 0.1) is 0 Å². The minimum atomic E-state index is -0.968. The molecule has 0 aromatic heterocycles. The Morgan fingerprint density at radius 1 is 1.00 bits per heavy atom. The molecule has 154 valence electrons. The van der Waals surface area contributed by atoms with Crippen LogP contribution in [-0.4, -0.2) is 30.7 Å². The average Bonchev–Trinajstić information content (AvgIpc) is 2.74. The fraction of sp³-hybridized carbons (Fsp3) is 0.333. The van der Waals surface area contributed by atoms with E-state index < -0.39 is 5.97 Å². The molecule has 0 saturated carbocycles. The second-order valence-electron chi connectivity index (χ2n) is 7.05. The number of anilines is 1. The highest BCUT2D eigenvalue weighted by molar-refractivity contribution is 5.92. The van der Waals surface area contributed by atoms with Crippen LogP contribution in [-0.2, 0) is 4.79 Å². The maximum absolute atomic E-state index is 12.4. The molecule has 29 heavy (non-hydrogen) atoms. The molecule has 5 heteroatoms. The molecule has 0 aliphatic carbocycles. The predicted octanol–water partition coefficient (Wildman–Crippen LogP) is 5.57. The summed E-state index contributed by atoms with van der Waals surface area (Å²) in [6.45, 7) is 2.88. The van der Waals surface area contributed by atoms with Gasteiger partial charge in [-0.1, -0.05) is 69.0 Å². The van der Waals surface area contributed by atoms with Crippen molar-refractivity contribution >= 4 is 23.8 Å². The third-order valence-electron chi connectivity index (χ3n) is 4.76. The number of carboxylic acids is 1. The molecule has 0 radical (unpaired) electrons. The number of carbonyl (C=O) groups excluding carboxylic acids is 1. The highest BCUT2D eigenvalue weighted by Crippen LogP contribution is 2.25. The largest absolute Gasteiger partial charge is 0.478 e. The van der Waals surface area contributed by atoms with Crippen LogP contribution in [0.2, 0.25) is 0 Å². The normalized spacial score (nSPS) is 10.8. The molecule has 0 atom stereocenters. The lowest BCUT2D eigenvalue weighted by Gasteiger charge is -2.19. The summed E-state index contributed by atoms with van der Waals surface area (Å²) in [7, 11) is 1.77. The van der Waals surface area contributed by atoms with Crippen LogP contribution in [0.15, 0.2) is 54.6 Å².